The summed E-state index contributed by atoms with van der Waals surface area (Å²) in [5.41, 5.74) is -0.924. The predicted molar refractivity (Wildman–Crippen MR) is 78.4 cm³/mol. The first kappa shape index (κ1) is 15.0. The van der Waals surface area contributed by atoms with E-state index >= 15 is 0 Å². The number of amides is 1. The number of carbonyl (C=O) groups excluding carboxylic acids is 1. The summed E-state index contributed by atoms with van der Waals surface area (Å²) < 4.78 is 23.2. The lowest BCUT2D eigenvalue weighted by Crippen LogP contribution is -2.31. The fraction of sp³-hybridized carbons (Fsp3) is 0.125. The maximum Gasteiger partial charge on any atom is 0.349 e. The molecule has 3 rings (SSSR count). The third-order valence-electron chi connectivity index (χ3n) is 3.27. The molecule has 1 atom stereocenters. The minimum Gasteiger partial charge on any atom is -0.467 e. The fourth-order valence-corrected chi connectivity index (χ4v) is 2.12. The normalized spacial score (nSPS) is 12.3. The highest BCUT2D eigenvalue weighted by atomic mass is 19.1. The van der Waals surface area contributed by atoms with E-state index in [2.05, 4.69) is 5.32 Å². The third-order valence-corrected chi connectivity index (χ3v) is 3.27. The summed E-state index contributed by atoms with van der Waals surface area (Å²) in [6.07, 6.45) is 0.353. The molecule has 118 valence electrons. The highest BCUT2D eigenvalue weighted by Crippen LogP contribution is 2.15. The molecule has 0 bridgehead atoms. The second kappa shape index (κ2) is 6.05. The van der Waals surface area contributed by atoms with E-state index in [0.29, 0.717) is 5.39 Å². The molecule has 0 unspecified atom stereocenters. The number of fused-ring (bicyclic) bond motifs is 1. The van der Waals surface area contributed by atoms with Gasteiger partial charge in [-0.05, 0) is 36.4 Å². The molecule has 2 heterocycles. The summed E-state index contributed by atoms with van der Waals surface area (Å²) >= 11 is 0. The molecule has 0 saturated carbocycles. The molecule has 0 saturated heterocycles. The second-order valence-electron chi connectivity index (χ2n) is 4.87. The van der Waals surface area contributed by atoms with Gasteiger partial charge in [0.1, 0.15) is 28.8 Å². The van der Waals surface area contributed by atoms with Gasteiger partial charge in [-0.2, -0.15) is 0 Å². The zero-order valence-electron chi connectivity index (χ0n) is 11.8. The molecule has 0 spiro atoms. The highest BCUT2D eigenvalue weighted by Gasteiger charge is 2.17. The Morgan fingerprint density at radius 1 is 1.30 bits per heavy atom. The molecule has 23 heavy (non-hydrogen) atoms. The van der Waals surface area contributed by atoms with E-state index in [1.807, 2.05) is 0 Å². The van der Waals surface area contributed by atoms with Crippen molar-refractivity contribution in [3.8, 4) is 0 Å². The molecule has 6 nitrogen and oxygen atoms in total. The van der Waals surface area contributed by atoms with Gasteiger partial charge in [0.05, 0.1) is 12.8 Å². The van der Waals surface area contributed by atoms with E-state index in [-0.39, 0.29) is 23.5 Å². The number of rotatable bonds is 4. The van der Waals surface area contributed by atoms with Crippen LogP contribution >= 0.6 is 0 Å². The number of carbonyl (C=O) groups is 1. The van der Waals surface area contributed by atoms with Gasteiger partial charge in [0, 0.05) is 5.39 Å². The van der Waals surface area contributed by atoms with Crippen molar-refractivity contribution in [2.45, 2.75) is 6.10 Å². The van der Waals surface area contributed by atoms with Gasteiger partial charge in [0.15, 0.2) is 0 Å². The van der Waals surface area contributed by atoms with Crippen molar-refractivity contribution in [3.05, 3.63) is 70.2 Å². The van der Waals surface area contributed by atoms with Gasteiger partial charge in [0.2, 0.25) is 0 Å². The van der Waals surface area contributed by atoms with Crippen molar-refractivity contribution >= 4 is 16.9 Å². The van der Waals surface area contributed by atoms with Crippen molar-refractivity contribution in [1.82, 2.24) is 5.32 Å². The van der Waals surface area contributed by atoms with Crippen LogP contribution in [-0.4, -0.2) is 17.6 Å². The Morgan fingerprint density at radius 3 is 2.87 bits per heavy atom. The number of benzene rings is 1. The van der Waals surface area contributed by atoms with Crippen LogP contribution in [0, 0.1) is 5.82 Å². The fourth-order valence-electron chi connectivity index (χ4n) is 2.12. The lowest BCUT2D eigenvalue weighted by Gasteiger charge is -2.09. The Hall–Kier alpha value is -2.93. The van der Waals surface area contributed by atoms with Crippen LogP contribution in [0.15, 0.2) is 56.3 Å². The van der Waals surface area contributed by atoms with Gasteiger partial charge in [0.25, 0.3) is 5.91 Å². The first-order chi connectivity index (χ1) is 11.0. The second-order valence-corrected chi connectivity index (χ2v) is 4.87. The van der Waals surface area contributed by atoms with Crippen LogP contribution in [0.5, 0.6) is 0 Å². The maximum atomic E-state index is 13.2. The van der Waals surface area contributed by atoms with Crippen molar-refractivity contribution in [2.75, 3.05) is 6.54 Å². The Kier molecular flexibility index (Phi) is 3.94. The molecule has 1 aromatic carbocycles. The molecule has 0 aliphatic rings. The number of nitrogens with one attached hydrogen (secondary N) is 1. The van der Waals surface area contributed by atoms with Gasteiger partial charge in [-0.3, -0.25) is 4.79 Å². The average molecular weight is 317 g/mol. The van der Waals surface area contributed by atoms with Crippen LogP contribution < -0.4 is 10.9 Å². The SMILES string of the molecule is O=C(NC[C@H](O)c1ccco1)c1cc2cc(F)ccc2oc1=O. The quantitative estimate of drug-likeness (QED) is 0.718. The average Bonchev–Trinajstić information content (AvgIpc) is 3.06. The largest absolute Gasteiger partial charge is 0.467 e. The molecule has 3 aromatic rings. The highest BCUT2D eigenvalue weighted by molar-refractivity contribution is 5.96. The minimum atomic E-state index is -1.04. The van der Waals surface area contributed by atoms with Crippen molar-refractivity contribution in [2.24, 2.45) is 0 Å². The minimum absolute atomic E-state index is 0.146. The van der Waals surface area contributed by atoms with E-state index in [9.17, 15) is 19.1 Å². The van der Waals surface area contributed by atoms with E-state index in [1.54, 1.807) is 12.1 Å². The van der Waals surface area contributed by atoms with Gasteiger partial charge in [-0.25, -0.2) is 9.18 Å². The Bertz CT molecular complexity index is 900. The van der Waals surface area contributed by atoms with E-state index in [0.717, 1.165) is 12.1 Å². The lowest BCUT2D eigenvalue weighted by molar-refractivity contribution is 0.0897. The van der Waals surface area contributed by atoms with Crippen LogP contribution in [-0.2, 0) is 0 Å². The molecular weight excluding hydrogens is 305 g/mol. The molecule has 0 fully saturated rings. The summed E-state index contributed by atoms with van der Waals surface area (Å²) in [5.74, 6) is -0.945. The zero-order valence-corrected chi connectivity index (χ0v) is 11.8. The Balaban J connectivity index is 1.80. The predicted octanol–water partition coefficient (Wildman–Crippen LogP) is 1.99. The van der Waals surface area contributed by atoms with Crippen LogP contribution in [0.1, 0.15) is 22.2 Å². The first-order valence-electron chi connectivity index (χ1n) is 6.77. The topological polar surface area (TPSA) is 92.7 Å². The smallest absolute Gasteiger partial charge is 0.349 e. The maximum absolute atomic E-state index is 13.2. The van der Waals surface area contributed by atoms with Crippen LogP contribution in [0.4, 0.5) is 4.39 Å². The summed E-state index contributed by atoms with van der Waals surface area (Å²) in [5, 5.41) is 12.5. The van der Waals surface area contributed by atoms with Crippen LogP contribution in [0.25, 0.3) is 11.0 Å². The van der Waals surface area contributed by atoms with E-state index < -0.39 is 23.5 Å². The number of hydrogen-bond donors (Lipinski definition) is 2. The standard InChI is InChI=1S/C16H12FNO5/c17-10-3-4-13-9(6-10)7-11(16(21)23-13)15(20)18-8-12(19)14-2-1-5-22-14/h1-7,12,19H,8H2,(H,18,20)/t12-/m0/s1. The zero-order chi connectivity index (χ0) is 16.4. The van der Waals surface area contributed by atoms with Crippen LogP contribution in [0.2, 0.25) is 0 Å². The lowest BCUT2D eigenvalue weighted by atomic mass is 10.1. The van der Waals surface area contributed by atoms with Gasteiger partial charge < -0.3 is 19.3 Å². The van der Waals surface area contributed by atoms with Gasteiger partial charge in [-0.1, -0.05) is 0 Å². The summed E-state index contributed by atoms with van der Waals surface area (Å²) in [4.78, 5) is 23.9. The molecule has 1 amide bonds. The molecule has 0 radical (unpaired) electrons. The van der Waals surface area contributed by atoms with Gasteiger partial charge >= 0.3 is 5.63 Å². The van der Waals surface area contributed by atoms with Crippen molar-refractivity contribution < 1.29 is 23.1 Å². The molecule has 0 aliphatic carbocycles. The Morgan fingerprint density at radius 2 is 2.13 bits per heavy atom. The number of halogens is 1. The molecule has 2 N–H and O–H groups in total. The molecule has 0 aliphatic heterocycles. The summed E-state index contributed by atoms with van der Waals surface area (Å²) in [6, 6.07) is 8.04. The number of aliphatic hydroxyl groups is 1. The molecule has 7 heteroatoms. The molecular formula is C16H12FNO5. The summed E-state index contributed by atoms with van der Waals surface area (Å²) in [6.45, 7) is -0.146. The van der Waals surface area contributed by atoms with Gasteiger partial charge in [-0.15, -0.1) is 0 Å². The Labute approximate surface area is 129 Å². The number of furan rings is 1. The van der Waals surface area contributed by atoms with E-state index in [1.165, 1.54) is 18.4 Å². The third kappa shape index (κ3) is 3.14. The number of aliphatic hydroxyl groups excluding tert-OH is 1. The number of hydrogen-bond acceptors (Lipinski definition) is 5. The van der Waals surface area contributed by atoms with E-state index in [4.69, 9.17) is 8.83 Å². The first-order valence-corrected chi connectivity index (χ1v) is 6.77. The molecule has 2 aromatic heterocycles. The van der Waals surface area contributed by atoms with Crippen LogP contribution in [0.3, 0.4) is 0 Å². The van der Waals surface area contributed by atoms with Crippen molar-refractivity contribution in [1.29, 1.82) is 0 Å². The van der Waals surface area contributed by atoms with Crippen molar-refractivity contribution in [3.63, 3.8) is 0 Å². The monoisotopic (exact) mass is 317 g/mol. The summed E-state index contributed by atoms with van der Waals surface area (Å²) in [7, 11) is 0.